The van der Waals surface area contributed by atoms with Gasteiger partial charge in [-0.3, -0.25) is 4.98 Å². The fourth-order valence-corrected chi connectivity index (χ4v) is 1.67. The van der Waals surface area contributed by atoms with Crippen LogP contribution in [0.15, 0.2) is 24.3 Å². The molecule has 0 amide bonds. The number of hydrogen-bond donors (Lipinski definition) is 1. The van der Waals surface area contributed by atoms with Crippen molar-refractivity contribution in [1.82, 2.24) is 15.2 Å². The number of anilines is 1. The summed E-state index contributed by atoms with van der Waals surface area (Å²) in [5.41, 5.74) is 2.55. The molecule has 0 spiro atoms. The standard InChI is InChI=1S/C11H10Cl2N4/c1-7-3-2-4-8(15-7)6-14-9-5-10(12)16-17-11(9)13/h2-5H,6H2,1H3,(H,14,16). The van der Waals surface area contributed by atoms with Gasteiger partial charge in [0.1, 0.15) is 0 Å². The van der Waals surface area contributed by atoms with E-state index in [1.54, 1.807) is 6.07 Å². The second-order valence-corrected chi connectivity index (χ2v) is 4.24. The highest BCUT2D eigenvalue weighted by atomic mass is 35.5. The molecule has 0 bridgehead atoms. The monoisotopic (exact) mass is 268 g/mol. The topological polar surface area (TPSA) is 50.7 Å². The second kappa shape index (κ2) is 5.29. The average Bonchev–Trinajstić information content (AvgIpc) is 2.30. The van der Waals surface area contributed by atoms with Crippen LogP contribution in [0.3, 0.4) is 0 Å². The number of aryl methyl sites for hydroxylation is 1. The summed E-state index contributed by atoms with van der Waals surface area (Å²) in [4.78, 5) is 4.37. The van der Waals surface area contributed by atoms with Crippen LogP contribution in [0.2, 0.25) is 10.3 Å². The third-order valence-electron chi connectivity index (χ3n) is 2.12. The minimum Gasteiger partial charge on any atom is -0.377 e. The van der Waals surface area contributed by atoms with Crippen molar-refractivity contribution in [2.24, 2.45) is 0 Å². The van der Waals surface area contributed by atoms with Crippen molar-refractivity contribution < 1.29 is 0 Å². The van der Waals surface area contributed by atoms with Gasteiger partial charge in [-0.05, 0) is 19.1 Å². The van der Waals surface area contributed by atoms with Gasteiger partial charge < -0.3 is 5.32 Å². The predicted octanol–water partition coefficient (Wildman–Crippen LogP) is 3.10. The molecule has 0 aromatic carbocycles. The summed E-state index contributed by atoms with van der Waals surface area (Å²) < 4.78 is 0. The Balaban J connectivity index is 2.09. The summed E-state index contributed by atoms with van der Waals surface area (Å²) in [5, 5.41) is 11.1. The highest BCUT2D eigenvalue weighted by Gasteiger charge is 2.04. The first-order valence-electron chi connectivity index (χ1n) is 5.00. The van der Waals surface area contributed by atoms with Gasteiger partial charge in [0.15, 0.2) is 10.3 Å². The minimum absolute atomic E-state index is 0.294. The van der Waals surface area contributed by atoms with Crippen molar-refractivity contribution in [3.05, 3.63) is 46.0 Å². The molecule has 1 N–H and O–H groups in total. The van der Waals surface area contributed by atoms with E-state index in [1.165, 1.54) is 0 Å². The number of nitrogens with one attached hydrogen (secondary N) is 1. The third kappa shape index (κ3) is 3.28. The molecule has 4 nitrogen and oxygen atoms in total. The van der Waals surface area contributed by atoms with Crippen molar-refractivity contribution in [3.8, 4) is 0 Å². The van der Waals surface area contributed by atoms with Gasteiger partial charge in [0.2, 0.25) is 0 Å². The highest BCUT2D eigenvalue weighted by molar-refractivity contribution is 6.33. The zero-order valence-corrected chi connectivity index (χ0v) is 10.6. The van der Waals surface area contributed by atoms with Crippen LogP contribution in [0.5, 0.6) is 0 Å². The summed E-state index contributed by atoms with van der Waals surface area (Å²) in [6, 6.07) is 7.47. The average molecular weight is 269 g/mol. The Kier molecular flexibility index (Phi) is 3.76. The zero-order valence-electron chi connectivity index (χ0n) is 9.11. The van der Waals surface area contributed by atoms with Gasteiger partial charge in [0, 0.05) is 11.8 Å². The van der Waals surface area contributed by atoms with E-state index in [2.05, 4.69) is 20.5 Å². The lowest BCUT2D eigenvalue weighted by molar-refractivity contribution is 0.992. The lowest BCUT2D eigenvalue weighted by Crippen LogP contribution is -2.03. The van der Waals surface area contributed by atoms with Crippen LogP contribution in [0.4, 0.5) is 5.69 Å². The van der Waals surface area contributed by atoms with E-state index in [0.717, 1.165) is 11.4 Å². The van der Waals surface area contributed by atoms with Crippen LogP contribution in [-0.2, 0) is 6.54 Å². The second-order valence-electron chi connectivity index (χ2n) is 3.50. The molecule has 2 aromatic rings. The molecule has 2 heterocycles. The third-order valence-corrected chi connectivity index (χ3v) is 2.59. The molecule has 0 aliphatic heterocycles. The van der Waals surface area contributed by atoms with E-state index in [1.807, 2.05) is 25.1 Å². The molecule has 2 aromatic heterocycles. The summed E-state index contributed by atoms with van der Waals surface area (Å²) >= 11 is 11.6. The van der Waals surface area contributed by atoms with E-state index in [4.69, 9.17) is 23.2 Å². The number of pyridine rings is 1. The molecule has 0 aliphatic rings. The van der Waals surface area contributed by atoms with Crippen molar-refractivity contribution in [1.29, 1.82) is 0 Å². The molecule has 88 valence electrons. The Bertz CT molecular complexity index is 531. The number of rotatable bonds is 3. The zero-order chi connectivity index (χ0) is 12.3. The molecule has 0 saturated carbocycles. The first-order chi connectivity index (χ1) is 8.15. The Hall–Kier alpha value is -1.39. The van der Waals surface area contributed by atoms with Crippen LogP contribution in [0.25, 0.3) is 0 Å². The summed E-state index contributed by atoms with van der Waals surface area (Å²) in [6.45, 7) is 2.50. The van der Waals surface area contributed by atoms with Crippen LogP contribution in [0, 0.1) is 6.92 Å². The van der Waals surface area contributed by atoms with Gasteiger partial charge in [-0.25, -0.2) is 0 Å². The van der Waals surface area contributed by atoms with Gasteiger partial charge in [0.25, 0.3) is 0 Å². The van der Waals surface area contributed by atoms with Crippen molar-refractivity contribution in [2.45, 2.75) is 13.5 Å². The summed E-state index contributed by atoms with van der Waals surface area (Å²) in [7, 11) is 0. The Morgan fingerprint density at radius 2 is 2.06 bits per heavy atom. The molecule has 0 fully saturated rings. The molecular formula is C11H10Cl2N4. The quantitative estimate of drug-likeness (QED) is 0.930. The molecular weight excluding hydrogens is 259 g/mol. The van der Waals surface area contributed by atoms with Crippen molar-refractivity contribution in [2.75, 3.05) is 5.32 Å². The molecule has 17 heavy (non-hydrogen) atoms. The maximum absolute atomic E-state index is 5.88. The SMILES string of the molecule is Cc1cccc(CNc2cc(Cl)nnc2Cl)n1. The van der Waals surface area contributed by atoms with E-state index in [0.29, 0.717) is 22.5 Å². The van der Waals surface area contributed by atoms with Gasteiger partial charge in [-0.15, -0.1) is 10.2 Å². The predicted molar refractivity (Wildman–Crippen MR) is 68.4 cm³/mol. The maximum atomic E-state index is 5.88. The van der Waals surface area contributed by atoms with Gasteiger partial charge in [-0.1, -0.05) is 29.3 Å². The van der Waals surface area contributed by atoms with Crippen LogP contribution in [-0.4, -0.2) is 15.2 Å². The highest BCUT2D eigenvalue weighted by Crippen LogP contribution is 2.21. The molecule has 2 rings (SSSR count). The largest absolute Gasteiger partial charge is 0.377 e. The van der Waals surface area contributed by atoms with Crippen molar-refractivity contribution in [3.63, 3.8) is 0 Å². The van der Waals surface area contributed by atoms with Gasteiger partial charge >= 0.3 is 0 Å². The first kappa shape index (κ1) is 12.1. The number of hydrogen-bond acceptors (Lipinski definition) is 4. The Labute approximate surface area is 109 Å². The van der Waals surface area contributed by atoms with E-state index >= 15 is 0 Å². The summed E-state index contributed by atoms with van der Waals surface area (Å²) in [6.07, 6.45) is 0. The lowest BCUT2D eigenvalue weighted by atomic mass is 10.3. The normalized spacial score (nSPS) is 10.3. The molecule has 0 saturated heterocycles. The number of halogens is 2. The molecule has 0 aliphatic carbocycles. The van der Waals surface area contributed by atoms with E-state index in [9.17, 15) is 0 Å². The number of nitrogens with zero attached hydrogens (tertiary/aromatic N) is 3. The van der Waals surface area contributed by atoms with Crippen molar-refractivity contribution >= 4 is 28.9 Å². The van der Waals surface area contributed by atoms with Gasteiger partial charge in [-0.2, -0.15) is 0 Å². The van der Waals surface area contributed by atoms with Crippen LogP contribution in [0.1, 0.15) is 11.4 Å². The Morgan fingerprint density at radius 1 is 1.24 bits per heavy atom. The molecule has 0 atom stereocenters. The fourth-order valence-electron chi connectivity index (χ4n) is 1.36. The molecule has 0 unspecified atom stereocenters. The smallest absolute Gasteiger partial charge is 0.174 e. The number of aromatic nitrogens is 3. The fraction of sp³-hybridized carbons (Fsp3) is 0.182. The Morgan fingerprint density at radius 3 is 2.82 bits per heavy atom. The first-order valence-corrected chi connectivity index (χ1v) is 5.76. The lowest BCUT2D eigenvalue weighted by Gasteiger charge is -2.07. The molecule has 0 radical (unpaired) electrons. The van der Waals surface area contributed by atoms with Crippen LogP contribution >= 0.6 is 23.2 Å². The van der Waals surface area contributed by atoms with Crippen LogP contribution < -0.4 is 5.32 Å². The maximum Gasteiger partial charge on any atom is 0.174 e. The van der Waals surface area contributed by atoms with E-state index < -0.39 is 0 Å². The molecule has 6 heteroatoms. The summed E-state index contributed by atoms with van der Waals surface area (Å²) in [5.74, 6) is 0. The van der Waals surface area contributed by atoms with E-state index in [-0.39, 0.29) is 0 Å². The van der Waals surface area contributed by atoms with Gasteiger partial charge in [0.05, 0.1) is 17.9 Å². The minimum atomic E-state index is 0.294.